The van der Waals surface area contributed by atoms with Crippen molar-refractivity contribution < 1.29 is 28.2 Å². The highest BCUT2D eigenvalue weighted by atomic mass is 35.5. The molecule has 0 atom stereocenters. The first kappa shape index (κ1) is 23.4. The molecule has 0 amide bonds. The van der Waals surface area contributed by atoms with Crippen molar-refractivity contribution in [1.82, 2.24) is 10.2 Å². The lowest BCUT2D eigenvalue weighted by Crippen LogP contribution is -2.01. The van der Waals surface area contributed by atoms with E-state index >= 15 is 0 Å². The summed E-state index contributed by atoms with van der Waals surface area (Å²) in [6, 6.07) is 8.33. The fourth-order valence-corrected chi connectivity index (χ4v) is 3.26. The smallest absolute Gasteiger partial charge is 0.330 e. The summed E-state index contributed by atoms with van der Waals surface area (Å²) in [7, 11) is 2.99. The fourth-order valence-electron chi connectivity index (χ4n) is 2.73. The number of benzene rings is 2. The molecule has 2 aromatic carbocycles. The maximum atomic E-state index is 11.6. The van der Waals surface area contributed by atoms with Crippen LogP contribution in [0.3, 0.4) is 0 Å². The fraction of sp³-hybridized carbons (Fsp3) is 0.227. The van der Waals surface area contributed by atoms with Crippen LogP contribution < -0.4 is 14.2 Å². The number of carbonyl (C=O) groups is 1. The minimum Gasteiger partial charge on any atom is -0.493 e. The standard InChI is InChI=1S/C22H20Cl2N2O6/c1-4-30-20(27)6-5-13-7-17(28-2)21(18(8-13)29-3)31-12-19-25-26-22(32-19)14-9-15(23)11-16(24)10-14/h5-11H,4,12H2,1-3H3/b6-5+. The Balaban J connectivity index is 1.78. The average molecular weight is 479 g/mol. The SMILES string of the molecule is CCOC(=O)/C=C/c1cc(OC)c(OCc2nnc(-c3cc(Cl)cc(Cl)c3)o2)c(OC)c1. The van der Waals surface area contributed by atoms with Gasteiger partial charge in [0.25, 0.3) is 5.89 Å². The van der Waals surface area contributed by atoms with Crippen LogP contribution >= 0.6 is 23.2 Å². The second-order valence-electron chi connectivity index (χ2n) is 6.29. The van der Waals surface area contributed by atoms with E-state index in [2.05, 4.69) is 10.2 Å². The van der Waals surface area contributed by atoms with E-state index in [-0.39, 0.29) is 18.4 Å². The van der Waals surface area contributed by atoms with Crippen LogP contribution in [-0.4, -0.2) is 37.0 Å². The van der Waals surface area contributed by atoms with Crippen LogP contribution in [-0.2, 0) is 16.1 Å². The van der Waals surface area contributed by atoms with E-state index in [1.807, 2.05) is 0 Å². The molecule has 0 unspecified atom stereocenters. The molecule has 0 aliphatic heterocycles. The van der Waals surface area contributed by atoms with Gasteiger partial charge < -0.3 is 23.4 Å². The van der Waals surface area contributed by atoms with Crippen molar-refractivity contribution >= 4 is 35.2 Å². The number of nitrogens with zero attached hydrogens (tertiary/aromatic N) is 2. The lowest BCUT2D eigenvalue weighted by atomic mass is 10.1. The van der Waals surface area contributed by atoms with Gasteiger partial charge >= 0.3 is 5.97 Å². The van der Waals surface area contributed by atoms with E-state index in [4.69, 9.17) is 46.6 Å². The second-order valence-corrected chi connectivity index (χ2v) is 7.16. The van der Waals surface area contributed by atoms with Crippen molar-refractivity contribution in [3.05, 3.63) is 57.9 Å². The topological polar surface area (TPSA) is 92.9 Å². The molecule has 8 nitrogen and oxygen atoms in total. The van der Waals surface area contributed by atoms with Gasteiger partial charge in [0.2, 0.25) is 11.6 Å². The third-order valence-electron chi connectivity index (χ3n) is 4.10. The predicted molar refractivity (Wildman–Crippen MR) is 119 cm³/mol. The van der Waals surface area contributed by atoms with Crippen molar-refractivity contribution in [3.8, 4) is 28.7 Å². The highest BCUT2D eigenvalue weighted by Gasteiger charge is 2.16. The number of aromatic nitrogens is 2. The molecule has 0 radical (unpaired) electrons. The van der Waals surface area contributed by atoms with Gasteiger partial charge in [-0.05, 0) is 48.9 Å². The van der Waals surface area contributed by atoms with Gasteiger partial charge in [-0.3, -0.25) is 0 Å². The number of hydrogen-bond acceptors (Lipinski definition) is 8. The number of halogens is 2. The summed E-state index contributed by atoms with van der Waals surface area (Å²) in [5.74, 6) is 1.18. The van der Waals surface area contributed by atoms with Crippen molar-refractivity contribution in [3.63, 3.8) is 0 Å². The van der Waals surface area contributed by atoms with Crippen LogP contribution in [0.15, 0.2) is 40.8 Å². The van der Waals surface area contributed by atoms with Crippen molar-refractivity contribution in [2.24, 2.45) is 0 Å². The van der Waals surface area contributed by atoms with Crippen LogP contribution in [0.25, 0.3) is 17.5 Å². The van der Waals surface area contributed by atoms with Gasteiger partial charge in [0.05, 0.1) is 20.8 Å². The van der Waals surface area contributed by atoms with Crippen LogP contribution in [0.5, 0.6) is 17.2 Å². The van der Waals surface area contributed by atoms with Gasteiger partial charge in [-0.25, -0.2) is 4.79 Å². The minimum absolute atomic E-state index is 0.0357. The van der Waals surface area contributed by atoms with Crippen molar-refractivity contribution in [2.75, 3.05) is 20.8 Å². The van der Waals surface area contributed by atoms with Crippen LogP contribution in [0.1, 0.15) is 18.4 Å². The Morgan fingerprint density at radius 2 is 1.69 bits per heavy atom. The molecule has 0 spiro atoms. The number of rotatable bonds is 9. The number of methoxy groups -OCH3 is 2. The molecule has 0 fully saturated rings. The van der Waals surface area contributed by atoms with E-state index in [1.165, 1.54) is 20.3 Å². The third-order valence-corrected chi connectivity index (χ3v) is 4.53. The van der Waals surface area contributed by atoms with Gasteiger partial charge in [-0.2, -0.15) is 0 Å². The van der Waals surface area contributed by atoms with Crippen LogP contribution in [0.2, 0.25) is 10.0 Å². The molecule has 3 rings (SSSR count). The lowest BCUT2D eigenvalue weighted by Gasteiger charge is -2.14. The molecule has 0 bridgehead atoms. The molecular weight excluding hydrogens is 459 g/mol. The summed E-state index contributed by atoms with van der Waals surface area (Å²) in [4.78, 5) is 11.6. The molecule has 3 aromatic rings. The maximum absolute atomic E-state index is 11.6. The zero-order valence-corrected chi connectivity index (χ0v) is 19.1. The Kier molecular flexibility index (Phi) is 7.97. The first-order valence-corrected chi connectivity index (χ1v) is 10.2. The van der Waals surface area contributed by atoms with Gasteiger partial charge in [-0.1, -0.05) is 23.2 Å². The number of ether oxygens (including phenoxy) is 4. The summed E-state index contributed by atoms with van der Waals surface area (Å²) in [5.41, 5.74) is 1.26. The van der Waals surface area contributed by atoms with E-state index in [9.17, 15) is 4.79 Å². The summed E-state index contributed by atoms with van der Waals surface area (Å²) in [6.45, 7) is 2.00. The molecule has 32 heavy (non-hydrogen) atoms. The monoisotopic (exact) mass is 478 g/mol. The van der Waals surface area contributed by atoms with Gasteiger partial charge in [0.1, 0.15) is 0 Å². The predicted octanol–water partition coefficient (Wildman–Crippen LogP) is 5.22. The molecule has 1 aromatic heterocycles. The highest BCUT2D eigenvalue weighted by molar-refractivity contribution is 6.35. The largest absolute Gasteiger partial charge is 0.493 e. The second kappa shape index (κ2) is 10.9. The number of carbonyl (C=O) groups excluding carboxylic acids is 1. The van der Waals surface area contributed by atoms with E-state index < -0.39 is 5.97 Å². The third kappa shape index (κ3) is 5.93. The quantitative estimate of drug-likeness (QED) is 0.305. The molecule has 0 N–H and O–H groups in total. The molecule has 0 aliphatic carbocycles. The summed E-state index contributed by atoms with van der Waals surface area (Å²) < 4.78 is 27.2. The first-order valence-electron chi connectivity index (χ1n) is 9.46. The Morgan fingerprint density at radius 3 is 2.28 bits per heavy atom. The molecule has 0 saturated heterocycles. The van der Waals surface area contributed by atoms with Gasteiger partial charge in [0.15, 0.2) is 18.1 Å². The highest BCUT2D eigenvalue weighted by Crippen LogP contribution is 2.39. The Hall–Kier alpha value is -3.23. The van der Waals surface area contributed by atoms with Gasteiger partial charge in [0, 0.05) is 21.7 Å². The normalized spacial score (nSPS) is 10.9. The average Bonchev–Trinajstić information content (AvgIpc) is 3.24. The van der Waals surface area contributed by atoms with E-state index in [1.54, 1.807) is 43.3 Å². The summed E-state index contributed by atoms with van der Waals surface area (Å²) >= 11 is 12.1. The Labute approximate surface area is 194 Å². The lowest BCUT2D eigenvalue weighted by molar-refractivity contribution is -0.137. The molecule has 0 aliphatic rings. The minimum atomic E-state index is -0.445. The number of esters is 1. The summed E-state index contributed by atoms with van der Waals surface area (Å²) in [5, 5.41) is 8.90. The molecule has 1 heterocycles. The maximum Gasteiger partial charge on any atom is 0.330 e. The van der Waals surface area contributed by atoms with Gasteiger partial charge in [-0.15, -0.1) is 10.2 Å². The van der Waals surface area contributed by atoms with Crippen LogP contribution in [0, 0.1) is 0 Å². The Morgan fingerprint density at radius 1 is 1.03 bits per heavy atom. The molecular formula is C22H20Cl2N2O6. The van der Waals surface area contributed by atoms with E-state index in [0.717, 1.165) is 0 Å². The molecule has 0 saturated carbocycles. The van der Waals surface area contributed by atoms with E-state index in [0.29, 0.717) is 45.0 Å². The van der Waals surface area contributed by atoms with Crippen LogP contribution in [0.4, 0.5) is 0 Å². The zero-order valence-electron chi connectivity index (χ0n) is 17.6. The molecule has 10 heteroatoms. The number of hydrogen-bond donors (Lipinski definition) is 0. The van der Waals surface area contributed by atoms with Crippen molar-refractivity contribution in [2.45, 2.75) is 13.5 Å². The zero-order chi connectivity index (χ0) is 23.1. The first-order chi connectivity index (χ1) is 15.4. The Bertz CT molecular complexity index is 1080. The molecule has 168 valence electrons. The summed E-state index contributed by atoms with van der Waals surface area (Å²) in [6.07, 6.45) is 2.91. The van der Waals surface area contributed by atoms with Crippen molar-refractivity contribution in [1.29, 1.82) is 0 Å².